The summed E-state index contributed by atoms with van der Waals surface area (Å²) in [5.74, 6) is 2.37. The van der Waals surface area contributed by atoms with Gasteiger partial charge in [0.15, 0.2) is 23.1 Å². The van der Waals surface area contributed by atoms with Crippen molar-refractivity contribution in [3.8, 4) is 40.2 Å². The van der Waals surface area contributed by atoms with E-state index in [1.54, 1.807) is 27.5 Å². The number of nitrogen functional groups attached to an aromatic ring is 1. The van der Waals surface area contributed by atoms with Gasteiger partial charge in [0, 0.05) is 17.8 Å². The molecular formula is C21H21N5O4. The molecule has 2 aromatic carbocycles. The van der Waals surface area contributed by atoms with E-state index < -0.39 is 5.69 Å². The lowest BCUT2D eigenvalue weighted by atomic mass is 10.1. The number of fused-ring (bicyclic) bond motifs is 1. The number of anilines is 1. The number of aromatic nitrogens is 4. The van der Waals surface area contributed by atoms with Gasteiger partial charge >= 0.3 is 5.69 Å². The summed E-state index contributed by atoms with van der Waals surface area (Å²) in [5.41, 5.74) is 8.52. The first-order valence-corrected chi connectivity index (χ1v) is 9.14. The topological polar surface area (TPSA) is 117 Å². The summed E-state index contributed by atoms with van der Waals surface area (Å²) in [6.07, 6.45) is 1.68. The summed E-state index contributed by atoms with van der Waals surface area (Å²) in [6, 6.07) is 11.2. The van der Waals surface area contributed by atoms with Crippen LogP contribution in [0.25, 0.3) is 22.9 Å². The van der Waals surface area contributed by atoms with Crippen LogP contribution in [0.2, 0.25) is 0 Å². The Labute approximate surface area is 172 Å². The second-order valence-electron chi connectivity index (χ2n) is 6.60. The number of methoxy groups -OCH3 is 3. The first kappa shape index (κ1) is 19.3. The normalized spacial score (nSPS) is 10.9. The van der Waals surface area contributed by atoms with Crippen molar-refractivity contribution in [3.05, 3.63) is 58.6 Å². The fraction of sp³-hybridized carbons (Fsp3) is 0.190. The Hall–Kier alpha value is -4.01. The summed E-state index contributed by atoms with van der Waals surface area (Å²) in [5, 5.41) is 0. The van der Waals surface area contributed by atoms with Crippen LogP contribution in [0.4, 0.5) is 5.69 Å². The molecule has 9 heteroatoms. The van der Waals surface area contributed by atoms with Crippen molar-refractivity contribution >= 4 is 5.69 Å². The van der Waals surface area contributed by atoms with Gasteiger partial charge in [0.25, 0.3) is 0 Å². The number of hydrogen-bond donors (Lipinski definition) is 2. The molecule has 9 nitrogen and oxygen atoms in total. The van der Waals surface area contributed by atoms with Crippen LogP contribution in [-0.2, 0) is 6.54 Å². The van der Waals surface area contributed by atoms with Crippen molar-refractivity contribution in [1.82, 2.24) is 19.5 Å². The summed E-state index contributed by atoms with van der Waals surface area (Å²) < 4.78 is 18.3. The van der Waals surface area contributed by atoms with Crippen LogP contribution < -0.4 is 25.6 Å². The van der Waals surface area contributed by atoms with Crippen LogP contribution in [0.1, 0.15) is 5.56 Å². The highest BCUT2D eigenvalue weighted by Gasteiger charge is 2.21. The van der Waals surface area contributed by atoms with Crippen LogP contribution in [0.15, 0.2) is 47.4 Å². The molecule has 30 heavy (non-hydrogen) atoms. The molecule has 0 bridgehead atoms. The van der Waals surface area contributed by atoms with Crippen molar-refractivity contribution in [1.29, 1.82) is 0 Å². The Morgan fingerprint density at radius 1 is 1.03 bits per heavy atom. The molecule has 0 aliphatic carbocycles. The second kappa shape index (κ2) is 7.78. The van der Waals surface area contributed by atoms with E-state index >= 15 is 0 Å². The second-order valence-corrected chi connectivity index (χ2v) is 6.60. The van der Waals surface area contributed by atoms with Crippen molar-refractivity contribution in [2.24, 2.45) is 0 Å². The van der Waals surface area contributed by atoms with Crippen molar-refractivity contribution in [3.63, 3.8) is 0 Å². The van der Waals surface area contributed by atoms with E-state index in [1.807, 2.05) is 41.0 Å². The lowest BCUT2D eigenvalue weighted by Gasteiger charge is -2.19. The molecule has 0 saturated heterocycles. The molecule has 2 aromatic rings. The van der Waals surface area contributed by atoms with E-state index in [0.29, 0.717) is 41.1 Å². The number of nitrogens with two attached hydrogens (primary N) is 1. The first-order chi connectivity index (χ1) is 14.5. The molecule has 0 saturated carbocycles. The van der Waals surface area contributed by atoms with Gasteiger partial charge in [-0.05, 0) is 29.8 Å². The Kier molecular flexibility index (Phi) is 5.01. The van der Waals surface area contributed by atoms with E-state index in [2.05, 4.69) is 15.0 Å². The van der Waals surface area contributed by atoms with E-state index in [1.165, 1.54) is 0 Å². The molecule has 0 unspecified atom stereocenters. The highest BCUT2D eigenvalue weighted by atomic mass is 16.5. The molecule has 0 spiro atoms. The van der Waals surface area contributed by atoms with Gasteiger partial charge in [0.1, 0.15) is 0 Å². The van der Waals surface area contributed by atoms with E-state index in [9.17, 15) is 4.79 Å². The molecule has 0 radical (unpaired) electrons. The minimum Gasteiger partial charge on any atom is -0.493 e. The largest absolute Gasteiger partial charge is 0.493 e. The maximum absolute atomic E-state index is 11.9. The number of H-pyrrole nitrogens is 1. The highest BCUT2D eigenvalue weighted by molar-refractivity contribution is 5.70. The summed E-state index contributed by atoms with van der Waals surface area (Å²) in [7, 11) is 4.67. The third kappa shape index (κ3) is 3.41. The fourth-order valence-corrected chi connectivity index (χ4v) is 3.35. The zero-order valence-electron chi connectivity index (χ0n) is 16.8. The molecule has 3 N–H and O–H groups in total. The number of hydrogen-bond acceptors (Lipinski definition) is 7. The molecule has 4 rings (SSSR count). The molecule has 0 aromatic heterocycles. The van der Waals surface area contributed by atoms with Gasteiger partial charge in [-0.25, -0.2) is 9.78 Å². The van der Waals surface area contributed by atoms with Gasteiger partial charge in [-0.2, -0.15) is 4.98 Å². The van der Waals surface area contributed by atoms with Crippen LogP contribution in [0.3, 0.4) is 0 Å². The molecule has 2 heterocycles. The van der Waals surface area contributed by atoms with Gasteiger partial charge in [-0.15, -0.1) is 0 Å². The molecule has 0 fully saturated rings. The van der Waals surface area contributed by atoms with E-state index in [0.717, 1.165) is 16.8 Å². The average molecular weight is 407 g/mol. The van der Waals surface area contributed by atoms with Crippen molar-refractivity contribution in [2.45, 2.75) is 6.54 Å². The predicted octanol–water partition coefficient (Wildman–Crippen LogP) is 2.39. The SMILES string of the molecule is COc1cc(-c2cnc3[nH]c(=O)nc-3n2Cc2ccc(N)cc2)cc(OC)c1OC. The van der Waals surface area contributed by atoms with Crippen molar-refractivity contribution < 1.29 is 14.2 Å². The van der Waals surface area contributed by atoms with Crippen LogP contribution in [0, 0.1) is 0 Å². The maximum atomic E-state index is 11.9. The average Bonchev–Trinajstić information content (AvgIpc) is 3.15. The predicted molar refractivity (Wildman–Crippen MR) is 112 cm³/mol. The van der Waals surface area contributed by atoms with Gasteiger partial charge in [-0.1, -0.05) is 12.1 Å². The van der Waals surface area contributed by atoms with E-state index in [-0.39, 0.29) is 0 Å². The maximum Gasteiger partial charge on any atom is 0.348 e. The fourth-order valence-electron chi connectivity index (χ4n) is 3.35. The summed E-state index contributed by atoms with van der Waals surface area (Å²) >= 11 is 0. The van der Waals surface area contributed by atoms with E-state index in [4.69, 9.17) is 19.9 Å². The zero-order valence-corrected chi connectivity index (χ0v) is 16.8. The lowest BCUT2D eigenvalue weighted by Crippen LogP contribution is -2.11. The Morgan fingerprint density at radius 3 is 2.30 bits per heavy atom. The number of imidazole rings is 1. The van der Waals surface area contributed by atoms with Crippen LogP contribution >= 0.6 is 0 Å². The number of rotatable bonds is 6. The number of nitrogens with zero attached hydrogens (tertiary/aromatic N) is 3. The zero-order chi connectivity index (χ0) is 21.3. The third-order valence-corrected chi connectivity index (χ3v) is 4.79. The molecular weight excluding hydrogens is 386 g/mol. The Bertz CT molecular complexity index is 1190. The van der Waals surface area contributed by atoms with Gasteiger partial charge in [-0.3, -0.25) is 4.98 Å². The monoisotopic (exact) mass is 407 g/mol. The molecule has 0 atom stereocenters. The number of benzene rings is 2. The molecule has 0 amide bonds. The lowest BCUT2D eigenvalue weighted by molar-refractivity contribution is 0.324. The van der Waals surface area contributed by atoms with Gasteiger partial charge in [0.2, 0.25) is 5.75 Å². The number of aromatic amines is 1. The number of nitrogens with one attached hydrogen (secondary N) is 1. The molecule has 2 aliphatic heterocycles. The van der Waals surface area contributed by atoms with Crippen LogP contribution in [0.5, 0.6) is 17.2 Å². The molecule has 2 aliphatic rings. The van der Waals surface area contributed by atoms with Gasteiger partial charge in [0.05, 0.1) is 33.2 Å². The van der Waals surface area contributed by atoms with Crippen molar-refractivity contribution in [2.75, 3.05) is 27.1 Å². The Balaban J connectivity index is 1.94. The summed E-state index contributed by atoms with van der Waals surface area (Å²) in [4.78, 5) is 23.0. The summed E-state index contributed by atoms with van der Waals surface area (Å²) in [6.45, 7) is 0.454. The first-order valence-electron chi connectivity index (χ1n) is 9.14. The smallest absolute Gasteiger partial charge is 0.348 e. The van der Waals surface area contributed by atoms with Crippen LogP contribution in [-0.4, -0.2) is 40.8 Å². The minimum atomic E-state index is -0.453. The molecule has 154 valence electrons. The standard InChI is InChI=1S/C21H21N5O4/c1-28-16-8-13(9-17(29-2)18(16)30-3)15-10-23-19-20(25-21(27)24-19)26(15)11-12-4-6-14(22)7-5-12/h4-10H,11,22H2,1-3H3,(H,23,24,27). The quantitative estimate of drug-likeness (QED) is 0.471. The third-order valence-electron chi connectivity index (χ3n) is 4.79. The minimum absolute atomic E-state index is 0.409. The number of ether oxygens (including phenoxy) is 3. The van der Waals surface area contributed by atoms with Gasteiger partial charge < -0.3 is 24.5 Å². The highest BCUT2D eigenvalue weighted by Crippen LogP contribution is 2.41. The Morgan fingerprint density at radius 2 is 1.70 bits per heavy atom.